The van der Waals surface area contributed by atoms with Crippen molar-refractivity contribution in [2.24, 2.45) is 0 Å². The van der Waals surface area contributed by atoms with E-state index in [1.54, 1.807) is 0 Å². The van der Waals surface area contributed by atoms with Crippen molar-refractivity contribution in [3.05, 3.63) is 0 Å². The monoisotopic (exact) mass is 254 g/mol. The third kappa shape index (κ3) is 9.84. The van der Waals surface area contributed by atoms with Crippen LogP contribution in [0.1, 0.15) is 0 Å². The van der Waals surface area contributed by atoms with Gasteiger partial charge in [0.15, 0.2) is 0 Å². The molecule has 0 aliphatic carbocycles. The predicted molar refractivity (Wildman–Crippen MR) is 35.6 cm³/mol. The molecule has 0 radical (unpaired) electrons. The van der Waals surface area contributed by atoms with Crippen molar-refractivity contribution in [3.63, 3.8) is 0 Å². The second-order valence-corrected chi connectivity index (χ2v) is 0. The molecular weight excluding hydrogens is 245 g/mol. The van der Waals surface area contributed by atoms with E-state index in [0.29, 0.717) is 0 Å². The van der Waals surface area contributed by atoms with Gasteiger partial charge in [-0.05, 0) is 11.0 Å². The Balaban J connectivity index is 0. The first-order chi connectivity index (χ1) is 0. The van der Waals surface area contributed by atoms with E-state index in [0.717, 1.165) is 0 Å². The molecule has 0 aliphatic heterocycles. The Kier molecular flexibility index (Phi) is 91.4. The van der Waals surface area contributed by atoms with Gasteiger partial charge in [0.05, 0.1) is 0 Å². The summed E-state index contributed by atoms with van der Waals surface area (Å²) in [4.78, 5) is 0. The molecule has 4 heavy (non-hydrogen) atoms. The minimum absolute atomic E-state index is 0. The molecule has 0 saturated heterocycles. The van der Waals surface area contributed by atoms with Crippen molar-refractivity contribution in [3.8, 4) is 0 Å². The molecule has 0 aromatic heterocycles. The van der Waals surface area contributed by atoms with Gasteiger partial charge in [0.25, 0.3) is 0 Å². The Morgan fingerprint density at radius 2 is 1.00 bits per heavy atom. The van der Waals surface area contributed by atoms with Crippen LogP contribution >= 0.6 is 0 Å². The molecule has 0 aromatic rings. The summed E-state index contributed by atoms with van der Waals surface area (Å²) in [5, 5.41) is 0. The topological polar surface area (TPSA) is 0 Å². The third-order valence-corrected chi connectivity index (χ3v) is 0. The van der Waals surface area contributed by atoms with Gasteiger partial charge in [0.2, 0.25) is 0 Å². The van der Waals surface area contributed by atoms with Gasteiger partial charge >= 0.3 is 138 Å². The van der Waals surface area contributed by atoms with Crippen LogP contribution in [0.15, 0.2) is 0 Å². The molecule has 0 spiro atoms. The summed E-state index contributed by atoms with van der Waals surface area (Å²) in [6.45, 7) is 0. The molecule has 18 valence electrons. The van der Waals surface area contributed by atoms with E-state index in [2.05, 4.69) is 0 Å². The summed E-state index contributed by atoms with van der Waals surface area (Å²) in [6.07, 6.45) is 0. The zero-order valence-electron chi connectivity index (χ0n) is 0. The van der Waals surface area contributed by atoms with Gasteiger partial charge in [-0.15, -0.1) is 0 Å². The number of hydrogen-bond acceptors (Lipinski definition) is 0. The molecule has 0 bridgehead atoms. The molecule has 0 aliphatic rings. The Morgan fingerprint density at radius 3 is 1.00 bits per heavy atom. The smallest absolute Gasteiger partial charge is 0.0149 e. The maximum Gasteiger partial charge on any atom is -0.0149 e. The summed E-state index contributed by atoms with van der Waals surface area (Å²) in [6, 6.07) is 0. The Labute approximate surface area is 144 Å². The van der Waals surface area contributed by atoms with Gasteiger partial charge in [0.1, 0.15) is 0 Å². The van der Waals surface area contributed by atoms with Crippen molar-refractivity contribution in [1.29, 1.82) is 0 Å². The van der Waals surface area contributed by atoms with Gasteiger partial charge in [0, 0.05) is 0 Å². The van der Waals surface area contributed by atoms with Gasteiger partial charge in [-0.3, -0.25) is 0 Å². The average Bonchev–Trinajstić information content (AvgIpc) is 0. The van der Waals surface area contributed by atoms with E-state index in [-0.39, 0.29) is 149 Å². The molecule has 4 heteroatoms. The molecule has 0 nitrogen and oxygen atoms in total. The first-order valence-electron chi connectivity index (χ1n) is 0. The molecule has 0 fully saturated rings. The van der Waals surface area contributed by atoms with Crippen molar-refractivity contribution < 1.29 is 0 Å². The predicted octanol–water partition coefficient (Wildman–Crippen LogP) is -3.93. The molecule has 0 N–H and O–H groups in total. The van der Waals surface area contributed by atoms with Crippen LogP contribution < -0.4 is 0 Å². The van der Waals surface area contributed by atoms with Crippen LogP contribution in [0.3, 0.4) is 0 Å². The fourth-order valence-electron chi connectivity index (χ4n) is 0. The molecule has 0 saturated carbocycles. The van der Waals surface area contributed by atoms with Crippen molar-refractivity contribution in [1.82, 2.24) is 0 Å². The zero-order chi connectivity index (χ0) is 0. The van der Waals surface area contributed by atoms with Crippen LogP contribution in [0.25, 0.3) is 0 Å². The van der Waals surface area contributed by atoms with Crippen LogP contribution in [-0.4, -0.2) is 149 Å². The second-order valence-electron chi connectivity index (χ2n) is 0. The Morgan fingerprint density at radius 1 is 1.00 bits per heavy atom. The Hall–Kier alpha value is 4.68. The molecule has 0 unspecified atom stereocenters. The van der Waals surface area contributed by atoms with Crippen LogP contribution in [0, 0.1) is 0 Å². The number of rotatable bonds is 0. The van der Waals surface area contributed by atoms with Gasteiger partial charge in [-0.2, -0.15) is 0 Å². The van der Waals surface area contributed by atoms with E-state index < -0.39 is 0 Å². The molecule has 0 rings (SSSR count). The molecular formula is H9BaCaKSi. The first kappa shape index (κ1) is 23.4. The SMILES string of the molecule is [BaH2].[CaH2].[KH].[SiH4]. The van der Waals surface area contributed by atoms with E-state index in [1.807, 2.05) is 0 Å². The average molecular weight is 254 g/mol. The van der Waals surface area contributed by atoms with Crippen molar-refractivity contribution in [2.45, 2.75) is 0 Å². The van der Waals surface area contributed by atoms with E-state index in [1.165, 1.54) is 0 Å². The minimum atomic E-state index is 0. The fourth-order valence-corrected chi connectivity index (χ4v) is 0. The van der Waals surface area contributed by atoms with Gasteiger partial charge < -0.3 is 0 Å². The maximum atomic E-state index is 0. The number of hydrogen-bond donors (Lipinski definition) is 0. The van der Waals surface area contributed by atoms with Crippen LogP contribution in [0.5, 0.6) is 0 Å². The van der Waals surface area contributed by atoms with Crippen LogP contribution in [0.2, 0.25) is 0 Å². The minimum Gasteiger partial charge on any atom is -0.0149 e. The van der Waals surface area contributed by atoms with E-state index in [9.17, 15) is 0 Å². The zero-order valence-corrected chi connectivity index (χ0v) is 0. The summed E-state index contributed by atoms with van der Waals surface area (Å²) < 4.78 is 0. The van der Waals surface area contributed by atoms with Crippen molar-refractivity contribution in [2.75, 3.05) is 0 Å². The summed E-state index contributed by atoms with van der Waals surface area (Å²) in [5.41, 5.74) is 0. The maximum absolute atomic E-state index is 0. The molecule has 0 amide bonds. The van der Waals surface area contributed by atoms with Crippen LogP contribution in [-0.2, 0) is 0 Å². The molecule has 0 atom stereocenters. The quantitative estimate of drug-likeness (QED) is 0.387. The second kappa shape index (κ2) is 15.6. The molecule has 0 aromatic carbocycles. The van der Waals surface area contributed by atoms with E-state index in [4.69, 9.17) is 0 Å². The normalized spacial score (nSPS) is 0. The van der Waals surface area contributed by atoms with E-state index >= 15 is 0 Å². The van der Waals surface area contributed by atoms with Crippen molar-refractivity contribution >= 4 is 149 Å². The fraction of sp³-hybridized carbons (Fsp3) is 0. The molecule has 0 heterocycles. The van der Waals surface area contributed by atoms with Gasteiger partial charge in [-0.25, -0.2) is 0 Å². The summed E-state index contributed by atoms with van der Waals surface area (Å²) in [7, 11) is 0. The summed E-state index contributed by atoms with van der Waals surface area (Å²) >= 11 is 0. The standard InChI is InChI=1S/Ba.Ca.K.H4Si.5H/h;;;1H4;;;;;. The third-order valence-electron chi connectivity index (χ3n) is 0. The first-order valence-corrected chi connectivity index (χ1v) is 0. The largest absolute Gasteiger partial charge is 0.0149 e. The Bertz CT molecular complexity index is 8.00. The van der Waals surface area contributed by atoms with Crippen LogP contribution in [0.4, 0.5) is 0 Å². The summed E-state index contributed by atoms with van der Waals surface area (Å²) in [5.74, 6) is 0. The van der Waals surface area contributed by atoms with Gasteiger partial charge in [-0.1, -0.05) is 0 Å².